The van der Waals surface area contributed by atoms with Crippen molar-refractivity contribution in [2.24, 2.45) is 0 Å². The lowest BCUT2D eigenvalue weighted by molar-refractivity contribution is 0.604. The van der Waals surface area contributed by atoms with Gasteiger partial charge >= 0.3 is 5.69 Å². The molecule has 7 nitrogen and oxygen atoms in total. The molecule has 0 saturated heterocycles. The number of aromatic nitrogens is 6. The fourth-order valence-corrected chi connectivity index (χ4v) is 2.94. The number of rotatable bonds is 6. The smallest absolute Gasteiger partial charge is 0.291 e. The van der Waals surface area contributed by atoms with E-state index in [1.807, 2.05) is 36.0 Å². The first-order chi connectivity index (χ1) is 10.8. The van der Waals surface area contributed by atoms with E-state index in [0.717, 1.165) is 17.8 Å². The fraction of sp³-hybridized carbons (Fsp3) is 0.286. The zero-order valence-corrected chi connectivity index (χ0v) is 13.0. The van der Waals surface area contributed by atoms with Crippen molar-refractivity contribution in [2.75, 3.05) is 0 Å². The van der Waals surface area contributed by atoms with Gasteiger partial charge < -0.3 is 0 Å². The Morgan fingerprint density at radius 2 is 2.27 bits per heavy atom. The van der Waals surface area contributed by atoms with Crippen LogP contribution in [0.15, 0.2) is 47.0 Å². The summed E-state index contributed by atoms with van der Waals surface area (Å²) in [5, 5.41) is 7.27. The van der Waals surface area contributed by atoms with Gasteiger partial charge in [-0.2, -0.15) is 0 Å². The molecule has 0 aliphatic heterocycles. The number of pyridine rings is 1. The Labute approximate surface area is 131 Å². The number of hydrogen-bond acceptors (Lipinski definition) is 5. The maximum atomic E-state index is 11.6. The summed E-state index contributed by atoms with van der Waals surface area (Å²) in [5.74, 6) is 1.54. The number of hydrogen-bond donors (Lipinski definition) is 1. The molecule has 0 aliphatic carbocycles. The Morgan fingerprint density at radius 1 is 1.36 bits per heavy atom. The molecule has 0 fully saturated rings. The Bertz CT molecular complexity index is 775. The van der Waals surface area contributed by atoms with E-state index in [2.05, 4.69) is 20.2 Å². The first-order valence-electron chi connectivity index (χ1n) is 6.99. The van der Waals surface area contributed by atoms with Crippen molar-refractivity contribution in [1.82, 2.24) is 29.3 Å². The van der Waals surface area contributed by atoms with Crippen LogP contribution in [0.4, 0.5) is 0 Å². The predicted molar refractivity (Wildman–Crippen MR) is 84.1 cm³/mol. The van der Waals surface area contributed by atoms with E-state index in [4.69, 9.17) is 0 Å². The Morgan fingerprint density at radius 3 is 2.95 bits per heavy atom. The number of nitrogens with zero attached hydrogens (tertiary/aromatic N) is 5. The molecule has 0 saturated carbocycles. The first-order valence-corrected chi connectivity index (χ1v) is 7.97. The van der Waals surface area contributed by atoms with Gasteiger partial charge in [0.25, 0.3) is 0 Å². The van der Waals surface area contributed by atoms with Crippen molar-refractivity contribution < 1.29 is 0 Å². The van der Waals surface area contributed by atoms with Gasteiger partial charge in [0.1, 0.15) is 12.1 Å². The van der Waals surface area contributed by atoms with Crippen LogP contribution >= 0.6 is 11.8 Å². The van der Waals surface area contributed by atoms with E-state index >= 15 is 0 Å². The maximum absolute atomic E-state index is 11.6. The summed E-state index contributed by atoms with van der Waals surface area (Å²) in [6, 6.07) is 3.96. The lowest BCUT2D eigenvalue weighted by Gasteiger charge is -2.05. The Balaban J connectivity index is 1.68. The van der Waals surface area contributed by atoms with Crippen molar-refractivity contribution in [3.63, 3.8) is 0 Å². The largest absolute Gasteiger partial charge is 0.343 e. The average molecular weight is 316 g/mol. The van der Waals surface area contributed by atoms with Crippen LogP contribution in [-0.4, -0.2) is 29.3 Å². The number of thioether (sulfide) groups is 1. The van der Waals surface area contributed by atoms with Gasteiger partial charge in [-0.05, 0) is 18.1 Å². The zero-order valence-electron chi connectivity index (χ0n) is 12.1. The zero-order chi connectivity index (χ0) is 15.4. The highest BCUT2D eigenvalue weighted by atomic mass is 32.2. The summed E-state index contributed by atoms with van der Waals surface area (Å²) in [7, 11) is 0. The third-order valence-corrected chi connectivity index (χ3v) is 4.16. The highest BCUT2D eigenvalue weighted by molar-refractivity contribution is 7.98. The summed E-state index contributed by atoms with van der Waals surface area (Å²) in [6.45, 7) is 2.71. The molecule has 0 bridgehead atoms. The van der Waals surface area contributed by atoms with E-state index in [1.54, 1.807) is 17.1 Å². The molecular weight excluding hydrogens is 300 g/mol. The van der Waals surface area contributed by atoms with Gasteiger partial charge in [0.15, 0.2) is 5.16 Å². The van der Waals surface area contributed by atoms with Crippen LogP contribution < -0.4 is 5.69 Å². The third-order valence-electron chi connectivity index (χ3n) is 3.12. The summed E-state index contributed by atoms with van der Waals surface area (Å²) in [4.78, 5) is 20.0. The molecule has 0 aromatic carbocycles. The standard InChI is InChI=1S/C14H16N6OS/c1-2-6-20-13(21)17-18-14(20)22-9-11-3-4-12(16-8-11)19-7-5-15-10-19/h3-5,7-8,10H,2,6,9H2,1H3,(H,17,21). The van der Waals surface area contributed by atoms with Crippen LogP contribution in [0.25, 0.3) is 5.82 Å². The molecule has 0 unspecified atom stereocenters. The Kier molecular flexibility index (Phi) is 4.38. The van der Waals surface area contributed by atoms with Gasteiger partial charge in [0.2, 0.25) is 0 Å². The second-order valence-electron chi connectivity index (χ2n) is 4.75. The molecule has 0 spiro atoms. The third kappa shape index (κ3) is 3.11. The van der Waals surface area contributed by atoms with Crippen LogP contribution in [0.2, 0.25) is 0 Å². The van der Waals surface area contributed by atoms with Crippen molar-refractivity contribution >= 4 is 11.8 Å². The molecule has 3 rings (SSSR count). The fourth-order valence-electron chi connectivity index (χ4n) is 2.03. The van der Waals surface area contributed by atoms with Gasteiger partial charge in [-0.25, -0.2) is 19.9 Å². The number of nitrogens with one attached hydrogen (secondary N) is 1. The van der Waals surface area contributed by atoms with Crippen LogP contribution in [0.1, 0.15) is 18.9 Å². The highest BCUT2D eigenvalue weighted by Crippen LogP contribution is 2.19. The van der Waals surface area contributed by atoms with Crippen LogP contribution in [0.3, 0.4) is 0 Å². The summed E-state index contributed by atoms with van der Waals surface area (Å²) in [5.41, 5.74) is 0.922. The quantitative estimate of drug-likeness (QED) is 0.702. The average Bonchev–Trinajstić information content (AvgIpc) is 3.18. The predicted octanol–water partition coefficient (Wildman–Crippen LogP) is 1.85. The lowest BCUT2D eigenvalue weighted by Crippen LogP contribution is -2.17. The molecule has 0 amide bonds. The monoisotopic (exact) mass is 316 g/mol. The van der Waals surface area contributed by atoms with Crippen LogP contribution in [0.5, 0.6) is 0 Å². The molecule has 3 heterocycles. The van der Waals surface area contributed by atoms with E-state index in [0.29, 0.717) is 17.5 Å². The molecule has 0 radical (unpaired) electrons. The van der Waals surface area contributed by atoms with Gasteiger partial charge in [0, 0.05) is 30.9 Å². The van der Waals surface area contributed by atoms with Crippen molar-refractivity contribution in [2.45, 2.75) is 30.8 Å². The van der Waals surface area contributed by atoms with Crippen molar-refractivity contribution in [1.29, 1.82) is 0 Å². The second kappa shape index (κ2) is 6.61. The second-order valence-corrected chi connectivity index (χ2v) is 5.69. The molecule has 3 aromatic rings. The number of aromatic amines is 1. The van der Waals surface area contributed by atoms with Crippen LogP contribution in [0, 0.1) is 0 Å². The van der Waals surface area contributed by atoms with Gasteiger partial charge in [-0.15, -0.1) is 5.10 Å². The number of H-pyrrole nitrogens is 1. The molecule has 1 N–H and O–H groups in total. The molecule has 0 atom stereocenters. The van der Waals surface area contributed by atoms with Gasteiger partial charge in [-0.3, -0.25) is 9.13 Å². The Hall–Kier alpha value is -2.35. The normalized spacial score (nSPS) is 11.0. The lowest BCUT2D eigenvalue weighted by atomic mass is 10.3. The highest BCUT2D eigenvalue weighted by Gasteiger charge is 2.08. The molecule has 0 aliphatic rings. The van der Waals surface area contributed by atoms with Gasteiger partial charge in [-0.1, -0.05) is 24.8 Å². The van der Waals surface area contributed by atoms with E-state index in [9.17, 15) is 4.79 Å². The van der Waals surface area contributed by atoms with E-state index in [1.165, 1.54) is 11.8 Å². The summed E-state index contributed by atoms with van der Waals surface area (Å²) < 4.78 is 3.52. The van der Waals surface area contributed by atoms with Crippen molar-refractivity contribution in [3.8, 4) is 5.82 Å². The molecule has 3 aromatic heterocycles. The molecule has 8 heteroatoms. The van der Waals surface area contributed by atoms with Crippen molar-refractivity contribution in [3.05, 3.63) is 53.1 Å². The minimum atomic E-state index is -0.155. The number of imidazole rings is 1. The van der Waals surface area contributed by atoms with E-state index in [-0.39, 0.29) is 5.69 Å². The van der Waals surface area contributed by atoms with E-state index < -0.39 is 0 Å². The van der Waals surface area contributed by atoms with Crippen LogP contribution in [-0.2, 0) is 12.3 Å². The minimum absolute atomic E-state index is 0.155. The minimum Gasteiger partial charge on any atom is -0.291 e. The molecule has 114 valence electrons. The summed E-state index contributed by atoms with van der Waals surface area (Å²) in [6.07, 6.45) is 8.01. The van der Waals surface area contributed by atoms with Gasteiger partial charge in [0.05, 0.1) is 0 Å². The summed E-state index contributed by atoms with van der Waals surface area (Å²) >= 11 is 1.53. The SMILES string of the molecule is CCCn1c(SCc2ccc(-n3ccnc3)nc2)n[nH]c1=O. The maximum Gasteiger partial charge on any atom is 0.343 e. The molecular formula is C14H16N6OS. The first kappa shape index (κ1) is 14.6. The molecule has 22 heavy (non-hydrogen) atoms. The topological polar surface area (TPSA) is 81.4 Å².